The molecule has 10 N–H and O–H groups in total. The van der Waals surface area contributed by atoms with Gasteiger partial charge in [0.2, 0.25) is 23.6 Å². The fourth-order valence-electron chi connectivity index (χ4n) is 1.83. The number of aliphatic hydroxyl groups excluding tert-OH is 2. The molecule has 0 aliphatic heterocycles. The molecule has 0 fully saturated rings. The van der Waals surface area contributed by atoms with Gasteiger partial charge in [0.1, 0.15) is 24.7 Å². The lowest BCUT2D eigenvalue weighted by Gasteiger charge is -2.25. The number of primary amides is 1. The number of carboxylic acids is 1. The minimum atomic E-state index is -1.56. The van der Waals surface area contributed by atoms with E-state index in [1.54, 1.807) is 0 Å². The second-order valence-electron chi connectivity index (χ2n) is 5.84. The van der Waals surface area contributed by atoms with E-state index in [2.05, 4.69) is 10.6 Å². The summed E-state index contributed by atoms with van der Waals surface area (Å²) in [6.07, 6.45) is -3.30. The summed E-state index contributed by atoms with van der Waals surface area (Å²) in [6, 6.07) is -4.47. The average Bonchev–Trinajstić information content (AvgIpc) is 2.54. The van der Waals surface area contributed by atoms with Crippen LogP contribution in [0.3, 0.4) is 0 Å². The van der Waals surface area contributed by atoms with Crippen molar-refractivity contribution in [1.82, 2.24) is 16.0 Å². The van der Waals surface area contributed by atoms with E-state index in [4.69, 9.17) is 16.6 Å². The third kappa shape index (κ3) is 8.94. The Labute approximate surface area is 154 Å². The molecule has 13 nitrogen and oxygen atoms in total. The number of hydrogen-bond donors (Lipinski definition) is 8. The zero-order chi connectivity index (χ0) is 21.3. The summed E-state index contributed by atoms with van der Waals surface area (Å²) in [5.41, 5.74) is 10.4. The van der Waals surface area contributed by atoms with Gasteiger partial charge in [-0.1, -0.05) is 0 Å². The van der Waals surface area contributed by atoms with Crippen LogP contribution in [0.25, 0.3) is 0 Å². The van der Waals surface area contributed by atoms with Crippen LogP contribution >= 0.6 is 0 Å². The molecule has 154 valence electrons. The van der Waals surface area contributed by atoms with Crippen molar-refractivity contribution >= 4 is 29.6 Å². The topological polar surface area (TPSA) is 234 Å². The third-order valence-electron chi connectivity index (χ3n) is 3.34. The van der Waals surface area contributed by atoms with Crippen LogP contribution in [0.4, 0.5) is 0 Å². The van der Waals surface area contributed by atoms with E-state index in [0.717, 1.165) is 0 Å². The number of rotatable bonds is 11. The largest absolute Gasteiger partial charge is 0.480 e. The summed E-state index contributed by atoms with van der Waals surface area (Å²) in [7, 11) is 0. The predicted molar refractivity (Wildman–Crippen MR) is 89.7 cm³/mol. The number of nitrogens with two attached hydrogens (primary N) is 2. The van der Waals surface area contributed by atoms with Gasteiger partial charge in [-0.2, -0.15) is 0 Å². The van der Waals surface area contributed by atoms with Crippen molar-refractivity contribution < 1.29 is 39.3 Å². The van der Waals surface area contributed by atoms with Gasteiger partial charge in [0.15, 0.2) is 0 Å². The van der Waals surface area contributed by atoms with Crippen LogP contribution in [0.2, 0.25) is 0 Å². The highest BCUT2D eigenvalue weighted by atomic mass is 16.4. The van der Waals surface area contributed by atoms with Gasteiger partial charge in [-0.15, -0.1) is 0 Å². The summed E-state index contributed by atoms with van der Waals surface area (Å²) < 4.78 is 0. The first-order chi connectivity index (χ1) is 12.4. The first-order valence-electron chi connectivity index (χ1n) is 7.87. The number of amides is 4. The van der Waals surface area contributed by atoms with Crippen molar-refractivity contribution in [3.63, 3.8) is 0 Å². The van der Waals surface area contributed by atoms with Crippen LogP contribution in [0.15, 0.2) is 0 Å². The fraction of sp³-hybridized carbons (Fsp3) is 0.643. The number of aliphatic carboxylic acids is 1. The number of nitrogens with one attached hydrogen (secondary N) is 3. The fourth-order valence-corrected chi connectivity index (χ4v) is 1.83. The third-order valence-corrected chi connectivity index (χ3v) is 3.34. The normalized spacial score (nSPS) is 16.2. The van der Waals surface area contributed by atoms with Gasteiger partial charge in [-0.05, 0) is 13.8 Å². The van der Waals surface area contributed by atoms with Crippen LogP contribution < -0.4 is 27.4 Å². The number of hydrogen-bond acceptors (Lipinski definition) is 8. The van der Waals surface area contributed by atoms with Crippen molar-refractivity contribution in [2.75, 3.05) is 6.54 Å². The Morgan fingerprint density at radius 1 is 0.926 bits per heavy atom. The molecule has 0 aromatic carbocycles. The average molecular weight is 391 g/mol. The first-order valence-corrected chi connectivity index (χ1v) is 7.87. The highest BCUT2D eigenvalue weighted by molar-refractivity contribution is 5.95. The van der Waals surface area contributed by atoms with Gasteiger partial charge in [0.25, 0.3) is 0 Å². The molecule has 27 heavy (non-hydrogen) atoms. The molecule has 0 saturated heterocycles. The van der Waals surface area contributed by atoms with E-state index in [9.17, 15) is 34.2 Å². The first kappa shape index (κ1) is 24.2. The molecular weight excluding hydrogens is 366 g/mol. The monoisotopic (exact) mass is 391 g/mol. The minimum absolute atomic E-state index is 0.648. The standard InChI is InChI=1S/C14H25N5O8/c1-5(20)10(16)13(26)19-11(6(2)21)14(27)18-7(3-8(15)22)12(25)17-4-9(23)24/h5-7,10-11,20-21H,3-4,16H2,1-2H3,(H2,15,22)(H,17,25)(H,18,27)(H,19,26)(H,23,24). The van der Waals surface area contributed by atoms with Gasteiger partial charge in [-0.25, -0.2) is 0 Å². The smallest absolute Gasteiger partial charge is 0.322 e. The molecule has 0 aromatic rings. The molecule has 0 saturated carbocycles. The van der Waals surface area contributed by atoms with Crippen LogP contribution in [0.1, 0.15) is 20.3 Å². The second-order valence-corrected chi connectivity index (χ2v) is 5.84. The Balaban J connectivity index is 5.21. The maximum Gasteiger partial charge on any atom is 0.322 e. The maximum atomic E-state index is 12.3. The number of carbonyl (C=O) groups excluding carboxylic acids is 4. The molecule has 0 heterocycles. The van der Waals surface area contributed by atoms with Crippen molar-refractivity contribution in [3.05, 3.63) is 0 Å². The van der Waals surface area contributed by atoms with Crippen molar-refractivity contribution in [3.8, 4) is 0 Å². The van der Waals surface area contributed by atoms with Gasteiger partial charge in [-0.3, -0.25) is 24.0 Å². The zero-order valence-corrected chi connectivity index (χ0v) is 14.8. The lowest BCUT2D eigenvalue weighted by Crippen LogP contribution is -2.60. The minimum Gasteiger partial charge on any atom is -0.480 e. The summed E-state index contributed by atoms with van der Waals surface area (Å²) >= 11 is 0. The number of aliphatic hydroxyl groups is 2. The maximum absolute atomic E-state index is 12.3. The van der Waals surface area contributed by atoms with E-state index < -0.39 is 72.9 Å². The Kier molecular flexibility index (Phi) is 9.92. The van der Waals surface area contributed by atoms with Crippen molar-refractivity contribution in [2.24, 2.45) is 11.5 Å². The molecule has 5 atom stereocenters. The summed E-state index contributed by atoms with van der Waals surface area (Å²) in [6.45, 7) is 1.66. The summed E-state index contributed by atoms with van der Waals surface area (Å²) in [5, 5.41) is 33.8. The van der Waals surface area contributed by atoms with E-state index in [-0.39, 0.29) is 0 Å². The molecule has 13 heteroatoms. The molecule has 0 spiro atoms. The van der Waals surface area contributed by atoms with Crippen LogP contribution in [0.5, 0.6) is 0 Å². The molecule has 0 aliphatic carbocycles. The van der Waals surface area contributed by atoms with Crippen molar-refractivity contribution in [2.45, 2.75) is 50.6 Å². The second kappa shape index (κ2) is 11.1. The van der Waals surface area contributed by atoms with Crippen LogP contribution in [-0.4, -0.2) is 81.8 Å². The lowest BCUT2D eigenvalue weighted by molar-refractivity contribution is -0.139. The highest BCUT2D eigenvalue weighted by Gasteiger charge is 2.32. The summed E-state index contributed by atoms with van der Waals surface area (Å²) in [4.78, 5) is 57.7. The van der Waals surface area contributed by atoms with E-state index in [1.165, 1.54) is 13.8 Å². The van der Waals surface area contributed by atoms with Gasteiger partial charge in [0.05, 0.1) is 18.6 Å². The van der Waals surface area contributed by atoms with Gasteiger partial charge >= 0.3 is 5.97 Å². The molecule has 5 unspecified atom stereocenters. The van der Waals surface area contributed by atoms with Crippen molar-refractivity contribution in [1.29, 1.82) is 0 Å². The van der Waals surface area contributed by atoms with Gasteiger partial charge in [0, 0.05) is 0 Å². The molecule has 0 radical (unpaired) electrons. The molecule has 0 rings (SSSR count). The molecule has 0 bridgehead atoms. The predicted octanol–water partition coefficient (Wildman–Crippen LogP) is -4.88. The molecule has 0 aliphatic rings. The molecule has 4 amide bonds. The Hall–Kier alpha value is -2.77. The molecule has 0 aromatic heterocycles. The van der Waals surface area contributed by atoms with E-state index in [0.29, 0.717) is 0 Å². The van der Waals surface area contributed by atoms with Gasteiger partial charge < -0.3 is 42.7 Å². The summed E-state index contributed by atoms with van der Waals surface area (Å²) in [5.74, 6) is -5.30. The van der Waals surface area contributed by atoms with Crippen LogP contribution in [-0.2, 0) is 24.0 Å². The molecular formula is C14H25N5O8. The lowest BCUT2D eigenvalue weighted by atomic mass is 10.1. The van der Waals surface area contributed by atoms with E-state index in [1.807, 2.05) is 5.32 Å². The SMILES string of the molecule is CC(O)C(N)C(=O)NC(C(=O)NC(CC(N)=O)C(=O)NCC(=O)O)C(C)O. The van der Waals surface area contributed by atoms with E-state index >= 15 is 0 Å². The zero-order valence-electron chi connectivity index (χ0n) is 14.8. The number of carboxylic acid groups (broad SMARTS) is 1. The van der Waals surface area contributed by atoms with Crippen LogP contribution in [0, 0.1) is 0 Å². The Bertz CT molecular complexity index is 580. The quantitative estimate of drug-likeness (QED) is 0.168. The Morgan fingerprint density at radius 3 is 1.89 bits per heavy atom. The Morgan fingerprint density at radius 2 is 1.48 bits per heavy atom. The number of carbonyl (C=O) groups is 5. The highest BCUT2D eigenvalue weighted by Crippen LogP contribution is 2.00.